The van der Waals surface area contributed by atoms with E-state index in [1.54, 1.807) is 12.1 Å². The van der Waals surface area contributed by atoms with Gasteiger partial charge in [0.15, 0.2) is 0 Å². The first-order valence-electron chi connectivity index (χ1n) is 9.51. The lowest BCUT2D eigenvalue weighted by molar-refractivity contribution is 0.0921. The van der Waals surface area contributed by atoms with Crippen molar-refractivity contribution < 1.29 is 9.53 Å². The van der Waals surface area contributed by atoms with Gasteiger partial charge in [-0.2, -0.15) is 5.26 Å². The smallest absolute Gasteiger partial charge is 0.251 e. The average Bonchev–Trinajstić information content (AvgIpc) is 2.89. The van der Waals surface area contributed by atoms with E-state index in [2.05, 4.69) is 28.3 Å². The number of aromatic nitrogens is 1. The number of hydrogen-bond donors (Lipinski definition) is 1. The number of nitriles is 1. The molecule has 1 atom stereocenters. The normalized spacial score (nSPS) is 17.6. The van der Waals surface area contributed by atoms with E-state index in [9.17, 15) is 10.1 Å². The van der Waals surface area contributed by atoms with Crippen LogP contribution in [-0.2, 0) is 4.74 Å². The van der Waals surface area contributed by atoms with Crippen molar-refractivity contribution in [3.63, 3.8) is 0 Å². The van der Waals surface area contributed by atoms with E-state index in [0.717, 1.165) is 36.5 Å². The lowest BCUT2D eigenvalue weighted by Crippen LogP contribution is -2.35. The van der Waals surface area contributed by atoms with E-state index >= 15 is 0 Å². The molecule has 0 saturated carbocycles. The Morgan fingerprint density at radius 2 is 2.21 bits per heavy atom. The van der Waals surface area contributed by atoms with Crippen LogP contribution >= 0.6 is 0 Å². The van der Waals surface area contributed by atoms with Crippen LogP contribution in [0.1, 0.15) is 27.2 Å². The van der Waals surface area contributed by atoms with Crippen LogP contribution in [0.25, 0.3) is 11.3 Å². The Labute approximate surface area is 166 Å². The molecule has 0 aliphatic carbocycles. The molecule has 1 aromatic heterocycles. The number of carbonyl (C=O) groups is 1. The van der Waals surface area contributed by atoms with Gasteiger partial charge in [0.1, 0.15) is 6.07 Å². The Bertz CT molecular complexity index is 904. The molecule has 1 saturated heterocycles. The average molecular weight is 378 g/mol. The molecule has 0 unspecified atom stereocenters. The summed E-state index contributed by atoms with van der Waals surface area (Å²) >= 11 is 0. The Hall–Kier alpha value is -2.75. The maximum atomic E-state index is 12.7. The van der Waals surface area contributed by atoms with Gasteiger partial charge in [-0.3, -0.25) is 9.78 Å². The molecule has 6 nitrogen and oxygen atoms in total. The molecule has 1 aliphatic heterocycles. The Balaban J connectivity index is 1.76. The number of nitrogens with zero attached hydrogens (tertiary/aromatic N) is 3. The van der Waals surface area contributed by atoms with Crippen LogP contribution in [0.15, 0.2) is 30.3 Å². The van der Waals surface area contributed by atoms with Crippen molar-refractivity contribution in [3.8, 4) is 17.3 Å². The van der Waals surface area contributed by atoms with Crippen LogP contribution in [-0.4, -0.2) is 55.7 Å². The maximum Gasteiger partial charge on any atom is 0.251 e. The molecule has 1 aliphatic rings. The number of nitrogens with one attached hydrogen (secondary N) is 1. The highest BCUT2D eigenvalue weighted by Crippen LogP contribution is 2.25. The van der Waals surface area contributed by atoms with E-state index in [0.29, 0.717) is 30.0 Å². The zero-order valence-corrected chi connectivity index (χ0v) is 16.7. The molecule has 2 heterocycles. The number of amides is 1. The summed E-state index contributed by atoms with van der Waals surface area (Å²) in [6.45, 7) is 7.57. The summed E-state index contributed by atoms with van der Waals surface area (Å²) in [6, 6.07) is 11.4. The summed E-state index contributed by atoms with van der Waals surface area (Å²) in [5.41, 5.74) is 4.23. The fourth-order valence-corrected chi connectivity index (χ4v) is 3.51. The number of aryl methyl sites for hydroxylation is 2. The quantitative estimate of drug-likeness (QED) is 0.885. The molecule has 0 spiro atoms. The largest absolute Gasteiger partial charge is 0.380 e. The number of ether oxygens (including phenoxy) is 1. The number of carbonyl (C=O) groups excluding carboxylic acids is 1. The van der Waals surface area contributed by atoms with Gasteiger partial charge in [-0.1, -0.05) is 12.1 Å². The summed E-state index contributed by atoms with van der Waals surface area (Å²) in [4.78, 5) is 19.4. The zero-order chi connectivity index (χ0) is 20.1. The molecule has 0 radical (unpaired) electrons. The molecule has 2 aromatic rings. The predicted octanol–water partition coefficient (Wildman–Crippen LogP) is 2.55. The number of hydrogen-bond acceptors (Lipinski definition) is 5. The fraction of sp³-hybridized carbons (Fsp3) is 0.409. The molecule has 146 valence electrons. The number of likely N-dealkylation sites (N-methyl/N-ethyl adjacent to an activating group) is 1. The Kier molecular flexibility index (Phi) is 6.40. The molecule has 6 heteroatoms. The van der Waals surface area contributed by atoms with Crippen LogP contribution < -0.4 is 5.32 Å². The van der Waals surface area contributed by atoms with E-state index in [4.69, 9.17) is 4.74 Å². The van der Waals surface area contributed by atoms with Crippen molar-refractivity contribution in [2.75, 3.05) is 39.9 Å². The van der Waals surface area contributed by atoms with Crippen LogP contribution in [0.5, 0.6) is 0 Å². The predicted molar refractivity (Wildman–Crippen MR) is 108 cm³/mol. The highest BCUT2D eigenvalue weighted by Gasteiger charge is 2.18. The SMILES string of the molecule is Cc1cc(C)c(C#N)c(-c2cccc(C(=O)NC[C@@H]3COCCN(C)C3)c2)n1. The minimum absolute atomic E-state index is 0.128. The highest BCUT2D eigenvalue weighted by molar-refractivity contribution is 5.95. The first-order chi connectivity index (χ1) is 13.5. The summed E-state index contributed by atoms with van der Waals surface area (Å²) in [5.74, 6) is 0.141. The van der Waals surface area contributed by atoms with E-state index < -0.39 is 0 Å². The van der Waals surface area contributed by atoms with Gasteiger partial charge >= 0.3 is 0 Å². The van der Waals surface area contributed by atoms with Gasteiger partial charge in [0.2, 0.25) is 0 Å². The lowest BCUT2D eigenvalue weighted by atomic mass is 10.00. The minimum atomic E-state index is -0.128. The van der Waals surface area contributed by atoms with Gasteiger partial charge in [0, 0.05) is 42.4 Å². The Morgan fingerprint density at radius 1 is 1.39 bits per heavy atom. The first kappa shape index (κ1) is 20.0. The molecule has 1 fully saturated rings. The van der Waals surface area contributed by atoms with Crippen LogP contribution in [0, 0.1) is 31.1 Å². The van der Waals surface area contributed by atoms with Crippen molar-refractivity contribution in [2.45, 2.75) is 13.8 Å². The van der Waals surface area contributed by atoms with E-state index in [1.807, 2.05) is 32.0 Å². The third kappa shape index (κ3) is 4.75. The summed E-state index contributed by atoms with van der Waals surface area (Å²) in [7, 11) is 2.07. The number of rotatable bonds is 4. The van der Waals surface area contributed by atoms with Gasteiger partial charge < -0.3 is 15.0 Å². The standard InChI is InChI=1S/C22H26N4O2/c1-15-9-16(2)25-21(20(15)11-23)18-5-4-6-19(10-18)22(27)24-12-17-13-26(3)7-8-28-14-17/h4-6,9-10,17H,7-8,12-14H2,1-3H3,(H,24,27)/t17-/m0/s1. The molecule has 3 rings (SSSR count). The van der Waals surface area contributed by atoms with Crippen LogP contribution in [0.2, 0.25) is 0 Å². The molecule has 28 heavy (non-hydrogen) atoms. The number of benzene rings is 1. The van der Waals surface area contributed by atoms with Crippen molar-refractivity contribution in [1.82, 2.24) is 15.2 Å². The minimum Gasteiger partial charge on any atom is -0.380 e. The van der Waals surface area contributed by atoms with Crippen LogP contribution in [0.3, 0.4) is 0 Å². The molecule has 1 aromatic carbocycles. The third-order valence-corrected chi connectivity index (χ3v) is 4.95. The second-order valence-corrected chi connectivity index (χ2v) is 7.41. The third-order valence-electron chi connectivity index (χ3n) is 4.95. The van der Waals surface area contributed by atoms with Crippen molar-refractivity contribution in [3.05, 3.63) is 52.7 Å². The molecular weight excluding hydrogens is 352 g/mol. The molecule has 1 N–H and O–H groups in total. The molecular formula is C22H26N4O2. The first-order valence-corrected chi connectivity index (χ1v) is 9.51. The van der Waals surface area contributed by atoms with Gasteiger partial charge in [-0.15, -0.1) is 0 Å². The van der Waals surface area contributed by atoms with Gasteiger partial charge in [0.05, 0.1) is 24.5 Å². The summed E-state index contributed by atoms with van der Waals surface area (Å²) in [6.07, 6.45) is 0. The molecule has 0 bridgehead atoms. The van der Waals surface area contributed by atoms with E-state index in [-0.39, 0.29) is 11.8 Å². The van der Waals surface area contributed by atoms with Crippen molar-refractivity contribution >= 4 is 5.91 Å². The summed E-state index contributed by atoms with van der Waals surface area (Å²) < 4.78 is 5.61. The van der Waals surface area contributed by atoms with Crippen LogP contribution in [0.4, 0.5) is 0 Å². The summed E-state index contributed by atoms with van der Waals surface area (Å²) in [5, 5.41) is 12.5. The van der Waals surface area contributed by atoms with Crippen molar-refractivity contribution in [2.24, 2.45) is 5.92 Å². The topological polar surface area (TPSA) is 78.2 Å². The fourth-order valence-electron chi connectivity index (χ4n) is 3.51. The molecule has 1 amide bonds. The second-order valence-electron chi connectivity index (χ2n) is 7.41. The maximum absolute atomic E-state index is 12.7. The highest BCUT2D eigenvalue weighted by atomic mass is 16.5. The van der Waals surface area contributed by atoms with Gasteiger partial charge in [-0.25, -0.2) is 0 Å². The van der Waals surface area contributed by atoms with Gasteiger partial charge in [-0.05, 0) is 44.7 Å². The van der Waals surface area contributed by atoms with Gasteiger partial charge in [0.25, 0.3) is 5.91 Å². The monoisotopic (exact) mass is 378 g/mol. The number of pyridine rings is 1. The second kappa shape index (κ2) is 8.96. The Morgan fingerprint density at radius 3 is 3.00 bits per heavy atom. The zero-order valence-electron chi connectivity index (χ0n) is 16.7. The lowest BCUT2D eigenvalue weighted by Gasteiger charge is -2.19. The van der Waals surface area contributed by atoms with E-state index in [1.165, 1.54) is 0 Å². The van der Waals surface area contributed by atoms with Crippen molar-refractivity contribution in [1.29, 1.82) is 5.26 Å².